The number of pyridine rings is 1. The lowest BCUT2D eigenvalue weighted by molar-refractivity contribution is 1.44. The Morgan fingerprint density at radius 2 is 1.53 bits per heavy atom. The van der Waals surface area contributed by atoms with Crippen LogP contribution in [-0.4, -0.2) is 4.98 Å². The van der Waals surface area contributed by atoms with E-state index in [1.54, 1.807) is 0 Å². The molecule has 0 saturated heterocycles. The molecule has 84 valence electrons. The lowest BCUT2D eigenvalue weighted by Crippen LogP contribution is -1.85. The number of benzene rings is 2. The van der Waals surface area contributed by atoms with Gasteiger partial charge in [-0.1, -0.05) is 35.3 Å². The summed E-state index contributed by atoms with van der Waals surface area (Å²) < 4.78 is 0. The molecule has 3 rings (SSSR count). The molecule has 0 spiro atoms. The van der Waals surface area contributed by atoms with Crippen LogP contribution in [0.25, 0.3) is 21.8 Å². The van der Waals surface area contributed by atoms with Crippen molar-refractivity contribution in [2.75, 3.05) is 0 Å². The fraction of sp³-hybridized carbons (Fsp3) is 0.0714. The zero-order valence-electron chi connectivity index (χ0n) is 9.17. The molecule has 1 heterocycles. The largest absolute Gasteiger partial charge is 0.248 e. The summed E-state index contributed by atoms with van der Waals surface area (Å²) in [6.45, 7) is 2.04. The molecular weight excluding hydrogens is 253 g/mol. The van der Waals surface area contributed by atoms with Gasteiger partial charge >= 0.3 is 0 Å². The molecule has 1 nitrogen and oxygen atoms in total. The minimum absolute atomic E-state index is 0.674. The summed E-state index contributed by atoms with van der Waals surface area (Å²) in [5.74, 6) is 0. The smallest absolute Gasteiger partial charge is 0.0739 e. The minimum Gasteiger partial charge on any atom is -0.248 e. The van der Waals surface area contributed by atoms with Gasteiger partial charge in [-0.3, -0.25) is 0 Å². The molecule has 0 bridgehead atoms. The van der Waals surface area contributed by atoms with Gasteiger partial charge < -0.3 is 0 Å². The van der Waals surface area contributed by atoms with Gasteiger partial charge in [-0.2, -0.15) is 0 Å². The minimum atomic E-state index is 0.674. The number of aromatic nitrogens is 1. The molecule has 0 unspecified atom stereocenters. The average molecular weight is 262 g/mol. The molecule has 0 atom stereocenters. The monoisotopic (exact) mass is 261 g/mol. The number of aryl methyl sites for hydroxylation is 1. The molecule has 0 aliphatic carbocycles. The van der Waals surface area contributed by atoms with E-state index in [0.717, 1.165) is 26.8 Å². The normalized spacial score (nSPS) is 11.2. The summed E-state index contributed by atoms with van der Waals surface area (Å²) in [7, 11) is 0. The number of fused-ring (bicyclic) bond motifs is 2. The van der Waals surface area contributed by atoms with E-state index >= 15 is 0 Å². The molecule has 3 aromatic rings. The number of hydrogen-bond donors (Lipinski definition) is 0. The first-order chi connectivity index (χ1) is 8.15. The van der Waals surface area contributed by atoms with Crippen molar-refractivity contribution in [1.82, 2.24) is 4.98 Å². The maximum absolute atomic E-state index is 6.40. The van der Waals surface area contributed by atoms with Gasteiger partial charge in [0.25, 0.3) is 0 Å². The second-order valence-corrected chi connectivity index (χ2v) is 4.92. The molecule has 1 aromatic heterocycles. The van der Waals surface area contributed by atoms with Crippen molar-refractivity contribution >= 4 is 45.0 Å². The Hall–Kier alpha value is -1.31. The summed E-state index contributed by atoms with van der Waals surface area (Å²) in [6, 6.07) is 11.7. The zero-order chi connectivity index (χ0) is 12.0. The third-order valence-electron chi connectivity index (χ3n) is 2.83. The Morgan fingerprint density at radius 3 is 2.29 bits per heavy atom. The van der Waals surface area contributed by atoms with Crippen molar-refractivity contribution in [3.05, 3.63) is 52.0 Å². The first kappa shape index (κ1) is 10.8. The third kappa shape index (κ3) is 1.76. The fourth-order valence-electron chi connectivity index (χ4n) is 1.98. The van der Waals surface area contributed by atoms with E-state index in [0.29, 0.717) is 5.02 Å². The van der Waals surface area contributed by atoms with Gasteiger partial charge in [0.2, 0.25) is 0 Å². The van der Waals surface area contributed by atoms with Crippen molar-refractivity contribution in [1.29, 1.82) is 0 Å². The zero-order valence-corrected chi connectivity index (χ0v) is 10.7. The van der Waals surface area contributed by atoms with E-state index in [-0.39, 0.29) is 0 Å². The second kappa shape index (κ2) is 3.86. The van der Waals surface area contributed by atoms with Gasteiger partial charge in [-0.25, -0.2) is 4.98 Å². The Morgan fingerprint density at radius 1 is 0.882 bits per heavy atom. The van der Waals surface area contributed by atoms with Crippen LogP contribution >= 0.6 is 23.2 Å². The van der Waals surface area contributed by atoms with E-state index in [9.17, 15) is 0 Å². The Labute approximate surface area is 109 Å². The van der Waals surface area contributed by atoms with Crippen LogP contribution in [0.4, 0.5) is 0 Å². The predicted octanol–water partition coefficient (Wildman–Crippen LogP) is 5.00. The number of rotatable bonds is 0. The highest BCUT2D eigenvalue weighted by Crippen LogP contribution is 2.31. The highest BCUT2D eigenvalue weighted by Gasteiger charge is 2.07. The van der Waals surface area contributed by atoms with Gasteiger partial charge in [0, 0.05) is 15.8 Å². The van der Waals surface area contributed by atoms with E-state index in [1.807, 2.05) is 43.3 Å². The van der Waals surface area contributed by atoms with Crippen molar-refractivity contribution < 1.29 is 0 Å². The molecule has 0 aliphatic heterocycles. The maximum Gasteiger partial charge on any atom is 0.0739 e. The van der Waals surface area contributed by atoms with Crippen LogP contribution in [-0.2, 0) is 0 Å². The topological polar surface area (TPSA) is 12.9 Å². The molecular formula is C14H9Cl2N. The van der Waals surface area contributed by atoms with Crippen LogP contribution in [0.15, 0.2) is 36.4 Å². The van der Waals surface area contributed by atoms with Gasteiger partial charge in [0.1, 0.15) is 0 Å². The average Bonchev–Trinajstić information content (AvgIpc) is 2.28. The Balaban J connectivity index is 2.52. The number of halogens is 2. The molecule has 0 aliphatic rings. The summed E-state index contributed by atoms with van der Waals surface area (Å²) in [5.41, 5.74) is 2.91. The van der Waals surface area contributed by atoms with Crippen molar-refractivity contribution in [3.8, 4) is 0 Å². The maximum atomic E-state index is 6.40. The van der Waals surface area contributed by atoms with E-state index < -0.39 is 0 Å². The van der Waals surface area contributed by atoms with Crippen molar-refractivity contribution in [2.45, 2.75) is 6.92 Å². The second-order valence-electron chi connectivity index (χ2n) is 4.11. The summed E-state index contributed by atoms with van der Waals surface area (Å²) in [4.78, 5) is 4.59. The van der Waals surface area contributed by atoms with Crippen molar-refractivity contribution in [3.63, 3.8) is 0 Å². The molecule has 3 heteroatoms. The lowest BCUT2D eigenvalue weighted by Gasteiger charge is -2.06. The third-order valence-corrected chi connectivity index (χ3v) is 3.47. The molecule has 0 saturated carbocycles. The summed E-state index contributed by atoms with van der Waals surface area (Å²) >= 11 is 12.4. The quantitative estimate of drug-likeness (QED) is 0.519. The first-order valence-corrected chi connectivity index (χ1v) is 6.06. The van der Waals surface area contributed by atoms with E-state index in [1.165, 1.54) is 5.56 Å². The van der Waals surface area contributed by atoms with Crippen LogP contribution in [0.3, 0.4) is 0 Å². The van der Waals surface area contributed by atoms with Gasteiger partial charge in [0.05, 0.1) is 16.1 Å². The van der Waals surface area contributed by atoms with Gasteiger partial charge in [-0.15, -0.1) is 0 Å². The molecule has 2 aromatic carbocycles. The molecule has 0 amide bonds. The SMILES string of the molecule is Cc1ccc2c(Cl)c3ccc(Cl)cc3nc2c1. The highest BCUT2D eigenvalue weighted by molar-refractivity contribution is 6.40. The standard InChI is InChI=1S/C14H9Cl2N/c1-8-2-4-10-12(6-8)17-13-7-9(15)3-5-11(13)14(10)16/h2-7H,1H3. The molecule has 0 radical (unpaired) electrons. The molecule has 17 heavy (non-hydrogen) atoms. The van der Waals surface area contributed by atoms with Crippen LogP contribution < -0.4 is 0 Å². The van der Waals surface area contributed by atoms with Gasteiger partial charge in [-0.05, 0) is 36.8 Å². The summed E-state index contributed by atoms with van der Waals surface area (Å²) in [5, 5.41) is 3.33. The lowest BCUT2D eigenvalue weighted by atomic mass is 10.1. The summed E-state index contributed by atoms with van der Waals surface area (Å²) in [6.07, 6.45) is 0. The molecule has 0 fully saturated rings. The predicted molar refractivity (Wildman–Crippen MR) is 74.0 cm³/mol. The van der Waals surface area contributed by atoms with E-state index in [4.69, 9.17) is 23.2 Å². The van der Waals surface area contributed by atoms with Gasteiger partial charge in [0.15, 0.2) is 0 Å². The fourth-order valence-corrected chi connectivity index (χ4v) is 2.46. The van der Waals surface area contributed by atoms with Crippen LogP contribution in [0, 0.1) is 6.92 Å². The number of nitrogens with zero attached hydrogens (tertiary/aromatic N) is 1. The van der Waals surface area contributed by atoms with Crippen LogP contribution in [0.2, 0.25) is 10.0 Å². The highest BCUT2D eigenvalue weighted by atomic mass is 35.5. The van der Waals surface area contributed by atoms with Crippen LogP contribution in [0.5, 0.6) is 0 Å². The van der Waals surface area contributed by atoms with E-state index in [2.05, 4.69) is 4.98 Å². The van der Waals surface area contributed by atoms with Crippen LogP contribution in [0.1, 0.15) is 5.56 Å². The molecule has 0 N–H and O–H groups in total. The Kier molecular flexibility index (Phi) is 2.46. The number of hydrogen-bond acceptors (Lipinski definition) is 1. The Bertz CT molecular complexity index is 675. The first-order valence-electron chi connectivity index (χ1n) is 5.30. The van der Waals surface area contributed by atoms with Crippen molar-refractivity contribution in [2.24, 2.45) is 0 Å².